The van der Waals surface area contributed by atoms with Crippen LogP contribution in [0.5, 0.6) is 0 Å². The number of halogens is 1. The average molecular weight is 463 g/mol. The van der Waals surface area contributed by atoms with Gasteiger partial charge in [-0.25, -0.2) is 0 Å². The molecular formula is C30H39ClN2. The predicted octanol–water partition coefficient (Wildman–Crippen LogP) is 8.23. The van der Waals surface area contributed by atoms with Crippen molar-refractivity contribution in [1.82, 2.24) is 0 Å². The fraction of sp³-hybridized carbons (Fsp3) is 0.600. The van der Waals surface area contributed by atoms with Crippen LogP contribution < -0.4 is 9.80 Å². The minimum atomic E-state index is -0.134. The molecule has 0 atom stereocenters. The Balaban J connectivity index is 1.53. The Labute approximate surface area is 205 Å². The van der Waals surface area contributed by atoms with Gasteiger partial charge in [-0.05, 0) is 57.8 Å². The zero-order valence-electron chi connectivity index (χ0n) is 21.4. The first-order valence-corrected chi connectivity index (χ1v) is 13.6. The Kier molecular flexibility index (Phi) is 4.59. The molecule has 0 unspecified atom stereocenters. The highest BCUT2D eigenvalue weighted by molar-refractivity contribution is 6.25. The van der Waals surface area contributed by atoms with Gasteiger partial charge in [-0.15, -0.1) is 0 Å². The summed E-state index contributed by atoms with van der Waals surface area (Å²) in [6.45, 7) is 18.6. The first kappa shape index (κ1) is 21.8. The average Bonchev–Trinajstić information content (AvgIpc) is 3.60. The van der Waals surface area contributed by atoms with Crippen LogP contribution in [0.3, 0.4) is 0 Å². The van der Waals surface area contributed by atoms with Gasteiger partial charge in [0, 0.05) is 23.2 Å². The standard InChI is InChI=1S/C30H39ClN2/c1-15(2)19-11-9-12-20(16(3)4)27(19)32-29(31)33(30(32)25-23-24(25)26(23)30)28-21(17(5)6)13-10-14-22(28)18(7)8/h9-18,23-26,29H,1-8H3. The van der Waals surface area contributed by atoms with Crippen LogP contribution in [0.4, 0.5) is 11.4 Å². The molecule has 4 aliphatic carbocycles. The normalized spacial score (nSPS) is 33.2. The largest absolute Gasteiger partial charge is 0.314 e. The summed E-state index contributed by atoms with van der Waals surface area (Å²) in [5.74, 6) is 5.41. The van der Waals surface area contributed by atoms with Gasteiger partial charge in [0.25, 0.3) is 0 Å². The molecule has 2 aromatic carbocycles. The molecule has 4 saturated carbocycles. The Hall–Kier alpha value is -1.67. The molecule has 5 aliphatic rings. The number of alkyl halides is 1. The second kappa shape index (κ2) is 6.94. The van der Waals surface area contributed by atoms with Crippen molar-refractivity contribution in [3.63, 3.8) is 0 Å². The molecule has 1 saturated heterocycles. The van der Waals surface area contributed by atoms with E-state index in [2.05, 4.69) is 102 Å². The summed E-state index contributed by atoms with van der Waals surface area (Å²) >= 11 is 7.50. The fourth-order valence-corrected chi connectivity index (χ4v) is 7.96. The van der Waals surface area contributed by atoms with Crippen LogP contribution in [0.25, 0.3) is 0 Å². The SMILES string of the molecule is CC(C)c1cccc(C(C)C)c1N1C(Cl)N(c2c(C(C)C)cccc2C(C)C)C12C1C3C1C32. The zero-order valence-corrected chi connectivity index (χ0v) is 22.2. The maximum absolute atomic E-state index is 7.50. The van der Waals surface area contributed by atoms with Gasteiger partial charge in [0.15, 0.2) is 5.62 Å². The van der Waals surface area contributed by atoms with Gasteiger partial charge in [-0.2, -0.15) is 0 Å². The number of nitrogens with zero attached hydrogens (tertiary/aromatic N) is 2. The third kappa shape index (κ3) is 2.52. The highest BCUT2D eigenvalue weighted by atomic mass is 35.5. The Bertz CT molecular complexity index is 968. The lowest BCUT2D eigenvalue weighted by molar-refractivity contribution is 0.00611. The maximum Gasteiger partial charge on any atom is 0.184 e. The van der Waals surface area contributed by atoms with Gasteiger partial charge in [0.2, 0.25) is 0 Å². The minimum Gasteiger partial charge on any atom is -0.314 e. The van der Waals surface area contributed by atoms with Crippen LogP contribution in [0.1, 0.15) is 101 Å². The van der Waals surface area contributed by atoms with E-state index in [0.717, 1.165) is 23.7 Å². The number of hydrogen-bond acceptors (Lipinski definition) is 2. The molecule has 2 aromatic rings. The van der Waals surface area contributed by atoms with Crippen molar-refractivity contribution in [2.45, 2.75) is 90.3 Å². The van der Waals surface area contributed by atoms with E-state index in [1.807, 2.05) is 0 Å². The molecular weight excluding hydrogens is 424 g/mol. The zero-order chi connectivity index (χ0) is 23.6. The van der Waals surface area contributed by atoms with Crippen molar-refractivity contribution in [1.29, 1.82) is 0 Å². The number of para-hydroxylation sites is 2. The van der Waals surface area contributed by atoms with Crippen LogP contribution in [0.15, 0.2) is 36.4 Å². The molecule has 1 aliphatic heterocycles. The highest BCUT2D eigenvalue weighted by Gasteiger charge is 3.02. The first-order valence-electron chi connectivity index (χ1n) is 13.1. The van der Waals surface area contributed by atoms with Crippen molar-refractivity contribution in [3.05, 3.63) is 58.7 Å². The number of hydrogen-bond donors (Lipinski definition) is 0. The third-order valence-electron chi connectivity index (χ3n) is 9.17. The first-order chi connectivity index (χ1) is 15.7. The van der Waals surface area contributed by atoms with Crippen LogP contribution in [-0.4, -0.2) is 11.3 Å². The molecule has 0 radical (unpaired) electrons. The van der Waals surface area contributed by atoms with Crippen LogP contribution in [0, 0.1) is 23.7 Å². The van der Waals surface area contributed by atoms with Crippen LogP contribution in [0.2, 0.25) is 0 Å². The maximum atomic E-state index is 7.50. The van der Waals surface area contributed by atoms with Crippen molar-refractivity contribution < 1.29 is 0 Å². The van der Waals surface area contributed by atoms with E-state index < -0.39 is 0 Å². The molecule has 2 bridgehead atoms. The molecule has 7 rings (SSSR count). The molecule has 3 heteroatoms. The quantitative estimate of drug-likeness (QED) is 0.315. The summed E-state index contributed by atoms with van der Waals surface area (Å²) in [6, 6.07) is 13.9. The number of benzene rings is 2. The van der Waals surface area contributed by atoms with Crippen LogP contribution in [-0.2, 0) is 0 Å². The summed E-state index contributed by atoms with van der Waals surface area (Å²) < 4.78 is 0. The van der Waals surface area contributed by atoms with Gasteiger partial charge < -0.3 is 9.80 Å². The second-order valence-corrected chi connectivity index (χ2v) is 12.6. The van der Waals surface area contributed by atoms with E-state index in [1.165, 1.54) is 33.6 Å². The van der Waals surface area contributed by atoms with Gasteiger partial charge in [0.05, 0.1) is 0 Å². The molecule has 1 heterocycles. The molecule has 1 spiro atoms. The Morgan fingerprint density at radius 2 is 0.909 bits per heavy atom. The molecule has 176 valence electrons. The van der Waals surface area contributed by atoms with E-state index >= 15 is 0 Å². The fourth-order valence-electron chi connectivity index (χ4n) is 7.45. The van der Waals surface area contributed by atoms with E-state index in [0.29, 0.717) is 23.7 Å². The highest BCUT2D eigenvalue weighted by Crippen LogP contribution is 2.96. The van der Waals surface area contributed by atoms with Crippen molar-refractivity contribution in [3.8, 4) is 0 Å². The van der Waals surface area contributed by atoms with Crippen molar-refractivity contribution in [2.24, 2.45) is 23.7 Å². The molecule has 2 nitrogen and oxygen atoms in total. The molecule has 33 heavy (non-hydrogen) atoms. The molecule has 0 aromatic heterocycles. The Morgan fingerprint density at radius 1 is 0.606 bits per heavy atom. The Morgan fingerprint density at radius 3 is 1.15 bits per heavy atom. The third-order valence-corrected chi connectivity index (χ3v) is 9.56. The minimum absolute atomic E-state index is 0.0883. The van der Waals surface area contributed by atoms with E-state index in [1.54, 1.807) is 0 Å². The summed E-state index contributed by atoms with van der Waals surface area (Å²) in [5.41, 5.74) is 8.63. The topological polar surface area (TPSA) is 6.48 Å². The summed E-state index contributed by atoms with van der Waals surface area (Å²) in [7, 11) is 0. The van der Waals surface area contributed by atoms with Crippen molar-refractivity contribution in [2.75, 3.05) is 9.80 Å². The second-order valence-electron chi connectivity index (χ2n) is 12.2. The number of rotatable bonds is 6. The molecule has 5 fully saturated rings. The lowest BCUT2D eigenvalue weighted by Crippen LogP contribution is -2.88. The van der Waals surface area contributed by atoms with Crippen LogP contribution >= 0.6 is 11.6 Å². The summed E-state index contributed by atoms with van der Waals surface area (Å²) in [5, 5.41) is 0. The smallest absolute Gasteiger partial charge is 0.184 e. The van der Waals surface area contributed by atoms with E-state index in [9.17, 15) is 0 Å². The monoisotopic (exact) mass is 462 g/mol. The summed E-state index contributed by atoms with van der Waals surface area (Å²) in [4.78, 5) is 5.35. The van der Waals surface area contributed by atoms with E-state index in [4.69, 9.17) is 11.6 Å². The number of anilines is 2. The lowest BCUT2D eigenvalue weighted by Gasteiger charge is -2.75. The predicted molar refractivity (Wildman–Crippen MR) is 141 cm³/mol. The molecule has 0 N–H and O–H groups in total. The summed E-state index contributed by atoms with van der Waals surface area (Å²) in [6.07, 6.45) is 0. The van der Waals surface area contributed by atoms with Gasteiger partial charge in [-0.3, -0.25) is 0 Å². The van der Waals surface area contributed by atoms with Gasteiger partial charge >= 0.3 is 0 Å². The van der Waals surface area contributed by atoms with Gasteiger partial charge in [-0.1, -0.05) is 103 Å². The van der Waals surface area contributed by atoms with E-state index in [-0.39, 0.29) is 11.3 Å². The van der Waals surface area contributed by atoms with Gasteiger partial charge in [0.1, 0.15) is 5.66 Å². The molecule has 0 amide bonds. The lowest BCUT2D eigenvalue weighted by atomic mass is 9.63. The van der Waals surface area contributed by atoms with Crippen molar-refractivity contribution >= 4 is 23.0 Å².